The molecule has 3 heteroatoms. The molecule has 4 aromatic carbocycles. The molecule has 2 N–H and O–H groups in total. The minimum atomic E-state index is 0.891. The second-order valence-electron chi connectivity index (χ2n) is 7.45. The fraction of sp³-hybridized carbons (Fsp3) is 0. The number of hydrogen-bond donors (Lipinski definition) is 2. The third-order valence-electron chi connectivity index (χ3n) is 5.09. The lowest BCUT2D eigenvalue weighted by Gasteiger charge is -2.26. The van der Waals surface area contributed by atoms with Crippen molar-refractivity contribution in [3.05, 3.63) is 146 Å². The van der Waals surface area contributed by atoms with E-state index in [1.165, 1.54) is 0 Å². The predicted molar refractivity (Wildman–Crippen MR) is 143 cm³/mol. The van der Waals surface area contributed by atoms with E-state index in [1.54, 1.807) is 12.2 Å². The summed E-state index contributed by atoms with van der Waals surface area (Å²) in [5.74, 6) is 0. The number of anilines is 6. The van der Waals surface area contributed by atoms with E-state index in [0.717, 1.165) is 39.8 Å². The molecule has 0 aromatic heterocycles. The Kier molecular flexibility index (Phi) is 7.04. The highest BCUT2D eigenvalue weighted by molar-refractivity contribution is 5.80. The Labute approximate surface area is 196 Å². The van der Waals surface area contributed by atoms with Crippen LogP contribution >= 0.6 is 0 Å². The maximum Gasteiger partial charge on any atom is 0.0482 e. The molecule has 0 spiro atoms. The summed E-state index contributed by atoms with van der Waals surface area (Å²) in [6.45, 7) is 7.65. The number of allylic oxidation sites excluding steroid dienone is 3. The zero-order valence-electron chi connectivity index (χ0n) is 18.5. The van der Waals surface area contributed by atoms with Crippen molar-refractivity contribution in [2.24, 2.45) is 0 Å². The van der Waals surface area contributed by atoms with E-state index in [-0.39, 0.29) is 0 Å². The van der Waals surface area contributed by atoms with Crippen molar-refractivity contribution in [2.45, 2.75) is 0 Å². The number of para-hydroxylation sites is 2. The van der Waals surface area contributed by atoms with Gasteiger partial charge in [0.1, 0.15) is 0 Å². The molecule has 0 fully saturated rings. The first-order valence-corrected chi connectivity index (χ1v) is 10.9. The van der Waals surface area contributed by atoms with Crippen LogP contribution in [0.4, 0.5) is 34.1 Å². The molecule has 4 rings (SSSR count). The average Bonchev–Trinajstić information content (AvgIpc) is 2.86. The zero-order valence-corrected chi connectivity index (χ0v) is 18.5. The van der Waals surface area contributed by atoms with Crippen molar-refractivity contribution in [3.63, 3.8) is 0 Å². The van der Waals surface area contributed by atoms with Crippen LogP contribution in [0.5, 0.6) is 0 Å². The van der Waals surface area contributed by atoms with Crippen molar-refractivity contribution in [2.75, 3.05) is 15.5 Å². The molecule has 0 heterocycles. The number of hydrogen-bond acceptors (Lipinski definition) is 3. The van der Waals surface area contributed by atoms with Crippen LogP contribution in [-0.2, 0) is 0 Å². The molecule has 0 saturated heterocycles. The van der Waals surface area contributed by atoms with Gasteiger partial charge >= 0.3 is 0 Å². The van der Waals surface area contributed by atoms with Crippen LogP contribution in [0.15, 0.2) is 146 Å². The highest BCUT2D eigenvalue weighted by atomic mass is 15.1. The second-order valence-corrected chi connectivity index (χ2v) is 7.45. The van der Waals surface area contributed by atoms with E-state index in [2.05, 4.69) is 101 Å². The van der Waals surface area contributed by atoms with E-state index in [0.29, 0.717) is 0 Å². The van der Waals surface area contributed by atoms with Crippen LogP contribution in [0.3, 0.4) is 0 Å². The largest absolute Gasteiger partial charge is 0.355 e. The van der Waals surface area contributed by atoms with E-state index in [1.807, 2.05) is 42.5 Å². The average molecular weight is 430 g/mol. The third kappa shape index (κ3) is 5.60. The van der Waals surface area contributed by atoms with Crippen molar-refractivity contribution in [1.82, 2.24) is 0 Å². The lowest BCUT2D eigenvalue weighted by Crippen LogP contribution is -2.10. The molecule has 0 atom stereocenters. The highest BCUT2D eigenvalue weighted by Crippen LogP contribution is 2.37. The summed E-state index contributed by atoms with van der Waals surface area (Å²) in [5.41, 5.74) is 7.13. The number of nitrogens with one attached hydrogen (secondary N) is 2. The molecule has 0 amide bonds. The molecule has 0 aliphatic carbocycles. The van der Waals surface area contributed by atoms with Gasteiger partial charge in [0.25, 0.3) is 0 Å². The van der Waals surface area contributed by atoms with E-state index < -0.39 is 0 Å². The van der Waals surface area contributed by atoms with Gasteiger partial charge in [-0.05, 0) is 72.8 Å². The molecule has 0 unspecified atom stereocenters. The van der Waals surface area contributed by atoms with Gasteiger partial charge in [0.05, 0.1) is 0 Å². The van der Waals surface area contributed by atoms with E-state index >= 15 is 0 Å². The minimum Gasteiger partial charge on any atom is -0.355 e. The Balaban J connectivity index is 1.73. The third-order valence-corrected chi connectivity index (χ3v) is 5.09. The Hall–Kier alpha value is -4.50. The van der Waals surface area contributed by atoms with E-state index in [9.17, 15) is 0 Å². The molecule has 4 aromatic rings. The fourth-order valence-electron chi connectivity index (χ4n) is 3.61. The monoisotopic (exact) mass is 429 g/mol. The second kappa shape index (κ2) is 10.7. The minimum absolute atomic E-state index is 0.891. The Morgan fingerprint density at radius 2 is 1.15 bits per heavy atom. The SMILES string of the molecule is C=C/C=C(\C=C)Nc1cccc(N(c2ccccc2)c2cccc(Nc3ccccc3)c2)c1. The molecule has 0 aliphatic rings. The van der Waals surface area contributed by atoms with Crippen LogP contribution in [0.2, 0.25) is 0 Å². The van der Waals surface area contributed by atoms with Gasteiger partial charge in [-0.2, -0.15) is 0 Å². The van der Waals surface area contributed by atoms with Crippen LogP contribution in [0.25, 0.3) is 0 Å². The molecular formula is C30H27N3. The van der Waals surface area contributed by atoms with Gasteiger partial charge in [-0.1, -0.05) is 67.8 Å². The van der Waals surface area contributed by atoms with Gasteiger partial charge in [-0.25, -0.2) is 0 Å². The summed E-state index contributed by atoms with van der Waals surface area (Å²) < 4.78 is 0. The normalized spacial score (nSPS) is 10.8. The van der Waals surface area contributed by atoms with Gasteiger partial charge < -0.3 is 15.5 Å². The predicted octanol–water partition coefficient (Wildman–Crippen LogP) is 8.57. The van der Waals surface area contributed by atoms with Crippen LogP contribution in [0, 0.1) is 0 Å². The summed E-state index contributed by atoms with van der Waals surface area (Å²) in [7, 11) is 0. The van der Waals surface area contributed by atoms with E-state index in [4.69, 9.17) is 0 Å². The van der Waals surface area contributed by atoms with Crippen LogP contribution in [-0.4, -0.2) is 0 Å². The van der Waals surface area contributed by atoms with Crippen molar-refractivity contribution < 1.29 is 0 Å². The van der Waals surface area contributed by atoms with Gasteiger partial charge in [0.15, 0.2) is 0 Å². The summed E-state index contributed by atoms with van der Waals surface area (Å²) in [6.07, 6.45) is 5.42. The summed E-state index contributed by atoms with van der Waals surface area (Å²) in [4.78, 5) is 2.24. The molecule has 0 bridgehead atoms. The maximum absolute atomic E-state index is 3.88. The first kappa shape index (κ1) is 21.7. The fourth-order valence-corrected chi connectivity index (χ4v) is 3.61. The van der Waals surface area contributed by atoms with Gasteiger partial charge in [-0.3, -0.25) is 0 Å². The smallest absolute Gasteiger partial charge is 0.0482 e. The Morgan fingerprint density at radius 3 is 1.79 bits per heavy atom. The molecule has 33 heavy (non-hydrogen) atoms. The number of benzene rings is 4. The molecular weight excluding hydrogens is 402 g/mol. The lowest BCUT2D eigenvalue weighted by atomic mass is 10.1. The Morgan fingerprint density at radius 1 is 0.606 bits per heavy atom. The topological polar surface area (TPSA) is 27.3 Å². The molecule has 0 aliphatic heterocycles. The Bertz CT molecular complexity index is 1240. The van der Waals surface area contributed by atoms with Crippen LogP contribution < -0.4 is 15.5 Å². The maximum atomic E-state index is 3.88. The van der Waals surface area contributed by atoms with Crippen LogP contribution in [0.1, 0.15) is 0 Å². The van der Waals surface area contributed by atoms with Gasteiger partial charge in [0, 0.05) is 39.8 Å². The number of nitrogens with zero attached hydrogens (tertiary/aromatic N) is 1. The first-order valence-electron chi connectivity index (χ1n) is 10.9. The molecule has 162 valence electrons. The van der Waals surface area contributed by atoms with Gasteiger partial charge in [-0.15, -0.1) is 0 Å². The molecule has 3 nitrogen and oxygen atoms in total. The molecule has 0 saturated carbocycles. The zero-order chi connectivity index (χ0) is 22.9. The van der Waals surface area contributed by atoms with Crippen molar-refractivity contribution in [3.8, 4) is 0 Å². The summed E-state index contributed by atoms with van der Waals surface area (Å²) in [6, 6.07) is 37.3. The lowest BCUT2D eigenvalue weighted by molar-refractivity contribution is 1.28. The standard InChI is InChI=1S/C30H27N3/c1-3-13-24(4-2)31-26-16-11-20-29(22-26)33(28-18-9-6-10-19-28)30-21-12-17-27(23-30)32-25-14-7-5-8-15-25/h3-23,31-32H,1-2H2/b24-13+. The molecule has 0 radical (unpaired) electrons. The quantitative estimate of drug-likeness (QED) is 0.261. The van der Waals surface area contributed by atoms with Crippen molar-refractivity contribution >= 4 is 34.1 Å². The summed E-state index contributed by atoms with van der Waals surface area (Å²) in [5, 5.41) is 6.90. The van der Waals surface area contributed by atoms with Gasteiger partial charge in [0.2, 0.25) is 0 Å². The summed E-state index contributed by atoms with van der Waals surface area (Å²) >= 11 is 0. The van der Waals surface area contributed by atoms with Crippen molar-refractivity contribution in [1.29, 1.82) is 0 Å². The highest BCUT2D eigenvalue weighted by Gasteiger charge is 2.13. The first-order chi connectivity index (χ1) is 16.3. The number of rotatable bonds is 9.